The Morgan fingerprint density at radius 2 is 1.88 bits per heavy atom. The van der Waals surface area contributed by atoms with Crippen molar-refractivity contribution in [2.45, 2.75) is 37.5 Å². The highest BCUT2D eigenvalue weighted by molar-refractivity contribution is 7.89. The predicted molar refractivity (Wildman–Crippen MR) is 102 cm³/mol. The van der Waals surface area contributed by atoms with Crippen molar-refractivity contribution in [3.63, 3.8) is 0 Å². The lowest BCUT2D eigenvalue weighted by atomic mass is 10.1. The number of carbonyl (C=O) groups is 1. The van der Waals surface area contributed by atoms with Crippen LogP contribution in [0, 0.1) is 0 Å². The minimum atomic E-state index is -3.55. The molecule has 1 saturated heterocycles. The second kappa shape index (κ2) is 7.63. The highest BCUT2D eigenvalue weighted by atomic mass is 32.2. The van der Waals surface area contributed by atoms with Gasteiger partial charge in [-0.2, -0.15) is 4.31 Å². The molecule has 0 spiro atoms. The lowest BCUT2D eigenvalue weighted by Crippen LogP contribution is -2.35. The van der Waals surface area contributed by atoms with Crippen molar-refractivity contribution in [1.82, 2.24) is 8.87 Å². The van der Waals surface area contributed by atoms with Crippen LogP contribution < -0.4 is 5.32 Å². The summed E-state index contributed by atoms with van der Waals surface area (Å²) in [5, 5.41) is 2.85. The predicted octanol–water partition coefficient (Wildman–Crippen LogP) is 3.01. The summed E-state index contributed by atoms with van der Waals surface area (Å²) in [5.74, 6) is -0.319. The molecule has 1 aliphatic rings. The fraction of sp³-hybridized carbons (Fsp3) is 0.421. The summed E-state index contributed by atoms with van der Waals surface area (Å²) in [6.07, 6.45) is 5.22. The van der Waals surface area contributed by atoms with Crippen LogP contribution >= 0.6 is 0 Å². The summed E-state index contributed by atoms with van der Waals surface area (Å²) < 4.78 is 28.7. The van der Waals surface area contributed by atoms with Gasteiger partial charge in [-0.15, -0.1) is 0 Å². The van der Waals surface area contributed by atoms with Gasteiger partial charge in [0.1, 0.15) is 10.6 Å². The Labute approximate surface area is 154 Å². The normalized spacial score (nSPS) is 15.8. The first-order valence-electron chi connectivity index (χ1n) is 8.98. The van der Waals surface area contributed by atoms with E-state index in [1.165, 1.54) is 16.6 Å². The molecule has 26 heavy (non-hydrogen) atoms. The highest BCUT2D eigenvalue weighted by Gasteiger charge is 2.28. The van der Waals surface area contributed by atoms with E-state index in [9.17, 15) is 13.2 Å². The lowest BCUT2D eigenvalue weighted by Gasteiger charge is -2.25. The maximum absolute atomic E-state index is 12.8. The van der Waals surface area contributed by atoms with Crippen LogP contribution in [0.15, 0.2) is 41.4 Å². The molecule has 0 saturated carbocycles. The van der Waals surface area contributed by atoms with Crippen LogP contribution in [0.2, 0.25) is 0 Å². The first-order valence-corrected chi connectivity index (χ1v) is 10.4. The van der Waals surface area contributed by atoms with Crippen molar-refractivity contribution in [3.05, 3.63) is 47.8 Å². The van der Waals surface area contributed by atoms with E-state index in [-0.39, 0.29) is 10.8 Å². The maximum Gasteiger partial charge on any atom is 0.272 e. The zero-order chi connectivity index (χ0) is 18.7. The van der Waals surface area contributed by atoms with E-state index >= 15 is 0 Å². The SMILES string of the molecule is CCc1cccc(NC(=O)c2cc(S(=O)(=O)N3CCCCC3)cn2C)c1. The Balaban J connectivity index is 1.82. The number of nitrogens with zero attached hydrogens (tertiary/aromatic N) is 2. The Morgan fingerprint density at radius 3 is 2.58 bits per heavy atom. The van der Waals surface area contributed by atoms with E-state index in [1.54, 1.807) is 11.6 Å². The summed E-state index contributed by atoms with van der Waals surface area (Å²) in [5.41, 5.74) is 2.15. The van der Waals surface area contributed by atoms with Crippen LogP contribution in [0.25, 0.3) is 0 Å². The number of aromatic nitrogens is 1. The first-order chi connectivity index (χ1) is 12.4. The zero-order valence-electron chi connectivity index (χ0n) is 15.2. The molecule has 0 aliphatic carbocycles. The number of sulfonamides is 1. The van der Waals surface area contributed by atoms with Crippen molar-refractivity contribution in [1.29, 1.82) is 0 Å². The van der Waals surface area contributed by atoms with Gasteiger partial charge in [0, 0.05) is 32.0 Å². The van der Waals surface area contributed by atoms with E-state index in [4.69, 9.17) is 0 Å². The molecule has 0 radical (unpaired) electrons. The van der Waals surface area contributed by atoms with Gasteiger partial charge in [0.2, 0.25) is 10.0 Å². The van der Waals surface area contributed by atoms with Crippen molar-refractivity contribution in [3.8, 4) is 0 Å². The molecule has 1 N–H and O–H groups in total. The van der Waals surface area contributed by atoms with E-state index in [2.05, 4.69) is 12.2 Å². The molecule has 140 valence electrons. The molecule has 0 unspecified atom stereocenters. The number of piperidine rings is 1. The van der Waals surface area contributed by atoms with Gasteiger partial charge in [0.05, 0.1) is 0 Å². The third-order valence-corrected chi connectivity index (χ3v) is 6.62. The van der Waals surface area contributed by atoms with Crippen LogP contribution in [0.3, 0.4) is 0 Å². The number of rotatable bonds is 5. The van der Waals surface area contributed by atoms with Gasteiger partial charge in [-0.05, 0) is 43.0 Å². The van der Waals surface area contributed by atoms with E-state index in [0.29, 0.717) is 24.5 Å². The van der Waals surface area contributed by atoms with Gasteiger partial charge < -0.3 is 9.88 Å². The van der Waals surface area contributed by atoms with Crippen LogP contribution in [-0.2, 0) is 23.5 Å². The fourth-order valence-electron chi connectivity index (χ4n) is 3.22. The Kier molecular flexibility index (Phi) is 5.48. The number of amides is 1. The smallest absolute Gasteiger partial charge is 0.272 e. The van der Waals surface area contributed by atoms with E-state index in [1.807, 2.05) is 24.3 Å². The second-order valence-corrected chi connectivity index (χ2v) is 8.58. The molecule has 2 aromatic rings. The molecule has 1 aromatic heterocycles. The van der Waals surface area contributed by atoms with Gasteiger partial charge in [0.25, 0.3) is 5.91 Å². The monoisotopic (exact) mass is 375 g/mol. The summed E-state index contributed by atoms with van der Waals surface area (Å²) >= 11 is 0. The quantitative estimate of drug-likeness (QED) is 0.873. The number of carbonyl (C=O) groups excluding carboxylic acids is 1. The Morgan fingerprint density at radius 1 is 1.15 bits per heavy atom. The molecule has 2 heterocycles. The number of hydrogen-bond acceptors (Lipinski definition) is 3. The number of benzene rings is 1. The summed E-state index contributed by atoms with van der Waals surface area (Å²) in [7, 11) is -1.86. The largest absolute Gasteiger partial charge is 0.345 e. The summed E-state index contributed by atoms with van der Waals surface area (Å²) in [4.78, 5) is 12.8. The standard InChI is InChI=1S/C19H25N3O3S/c1-3-15-8-7-9-16(12-15)20-19(23)18-13-17(14-21(18)2)26(24,25)22-10-5-4-6-11-22/h7-9,12-14H,3-6,10-11H2,1-2H3,(H,20,23). The Bertz CT molecular complexity index is 897. The molecule has 0 atom stereocenters. The number of nitrogens with one attached hydrogen (secondary N) is 1. The molecule has 1 aliphatic heterocycles. The third-order valence-electron chi connectivity index (χ3n) is 4.76. The Hall–Kier alpha value is -2.12. The highest BCUT2D eigenvalue weighted by Crippen LogP contribution is 2.23. The van der Waals surface area contributed by atoms with Crippen molar-refractivity contribution >= 4 is 21.6 Å². The fourth-order valence-corrected chi connectivity index (χ4v) is 4.81. The second-order valence-electron chi connectivity index (χ2n) is 6.64. The molecule has 3 rings (SSSR count). The molecule has 1 aromatic carbocycles. The van der Waals surface area contributed by atoms with Gasteiger partial charge in [-0.25, -0.2) is 8.42 Å². The van der Waals surface area contributed by atoms with Gasteiger partial charge in [-0.1, -0.05) is 25.5 Å². The average molecular weight is 375 g/mol. The van der Waals surface area contributed by atoms with Crippen LogP contribution in [0.4, 0.5) is 5.69 Å². The van der Waals surface area contributed by atoms with Crippen LogP contribution in [0.5, 0.6) is 0 Å². The molecular weight excluding hydrogens is 350 g/mol. The molecule has 1 fully saturated rings. The minimum absolute atomic E-state index is 0.175. The van der Waals surface area contributed by atoms with Crippen molar-refractivity contribution in [2.24, 2.45) is 7.05 Å². The third kappa shape index (κ3) is 3.83. The number of anilines is 1. The zero-order valence-corrected chi connectivity index (χ0v) is 16.1. The number of hydrogen-bond donors (Lipinski definition) is 1. The molecule has 0 bridgehead atoms. The van der Waals surface area contributed by atoms with Crippen molar-refractivity contribution < 1.29 is 13.2 Å². The molecule has 6 nitrogen and oxygen atoms in total. The van der Waals surface area contributed by atoms with E-state index in [0.717, 1.165) is 31.2 Å². The summed E-state index contributed by atoms with van der Waals surface area (Å²) in [6, 6.07) is 9.10. The van der Waals surface area contributed by atoms with Gasteiger partial charge in [0.15, 0.2) is 0 Å². The lowest BCUT2D eigenvalue weighted by molar-refractivity contribution is 0.101. The molecular formula is C19H25N3O3S. The van der Waals surface area contributed by atoms with Gasteiger partial charge in [-0.3, -0.25) is 4.79 Å². The molecule has 7 heteroatoms. The van der Waals surface area contributed by atoms with E-state index < -0.39 is 10.0 Å². The maximum atomic E-state index is 12.8. The summed E-state index contributed by atoms with van der Waals surface area (Å²) in [6.45, 7) is 3.14. The van der Waals surface area contributed by atoms with Crippen LogP contribution in [0.1, 0.15) is 42.2 Å². The van der Waals surface area contributed by atoms with Crippen LogP contribution in [-0.4, -0.2) is 36.3 Å². The number of aryl methyl sites for hydroxylation is 2. The average Bonchev–Trinajstić information content (AvgIpc) is 3.05. The van der Waals surface area contributed by atoms with Crippen molar-refractivity contribution in [2.75, 3.05) is 18.4 Å². The van der Waals surface area contributed by atoms with Gasteiger partial charge >= 0.3 is 0 Å². The molecule has 1 amide bonds. The topological polar surface area (TPSA) is 71.4 Å². The first kappa shape index (κ1) is 18.7. The minimum Gasteiger partial charge on any atom is -0.345 e.